The van der Waals surface area contributed by atoms with Crippen molar-refractivity contribution < 1.29 is 9.18 Å². The third-order valence-electron chi connectivity index (χ3n) is 6.30. The van der Waals surface area contributed by atoms with Crippen LogP contribution in [-0.2, 0) is 12.8 Å². The summed E-state index contributed by atoms with van der Waals surface area (Å²) in [6.45, 7) is 0. The summed E-state index contributed by atoms with van der Waals surface area (Å²) < 4.78 is 13.7. The van der Waals surface area contributed by atoms with Gasteiger partial charge >= 0.3 is 6.03 Å². The van der Waals surface area contributed by atoms with E-state index in [1.54, 1.807) is 12.1 Å². The first-order valence-electron chi connectivity index (χ1n) is 11.1. The van der Waals surface area contributed by atoms with Gasteiger partial charge in [-0.05, 0) is 69.6 Å². The Morgan fingerprint density at radius 2 is 1.87 bits per heavy atom. The number of amides is 2. The monoisotopic (exact) mass is 426 g/mol. The summed E-state index contributed by atoms with van der Waals surface area (Å²) in [5.41, 5.74) is 8.59. The number of hydrogen-bond acceptors (Lipinski definition) is 5. The van der Waals surface area contributed by atoms with Crippen LogP contribution in [0.2, 0.25) is 0 Å². The Kier molecular flexibility index (Phi) is 6.25. The Labute approximate surface area is 182 Å². The molecule has 2 aliphatic carbocycles. The summed E-state index contributed by atoms with van der Waals surface area (Å²) in [6, 6.07) is 5.69. The number of halogens is 1. The van der Waals surface area contributed by atoms with E-state index in [0.29, 0.717) is 11.6 Å². The number of urea groups is 1. The second-order valence-electron chi connectivity index (χ2n) is 8.74. The second-order valence-corrected chi connectivity index (χ2v) is 8.74. The summed E-state index contributed by atoms with van der Waals surface area (Å²) in [7, 11) is 4.05. The molecule has 3 N–H and O–H groups in total. The Morgan fingerprint density at radius 1 is 1.13 bits per heavy atom. The van der Waals surface area contributed by atoms with Crippen LogP contribution in [0.5, 0.6) is 0 Å². The molecule has 0 saturated heterocycles. The number of carbonyl (C=O) groups is 1. The van der Waals surface area contributed by atoms with E-state index in [0.717, 1.165) is 50.0 Å². The van der Waals surface area contributed by atoms with Crippen molar-refractivity contribution in [3.05, 3.63) is 41.3 Å². The number of anilines is 3. The van der Waals surface area contributed by atoms with Crippen LogP contribution >= 0.6 is 0 Å². The zero-order chi connectivity index (χ0) is 22.0. The van der Waals surface area contributed by atoms with Crippen LogP contribution in [0.1, 0.15) is 49.8 Å². The third-order valence-corrected chi connectivity index (χ3v) is 6.30. The van der Waals surface area contributed by atoms with Crippen molar-refractivity contribution in [3.63, 3.8) is 0 Å². The van der Waals surface area contributed by atoms with Gasteiger partial charge in [-0.2, -0.15) is 4.98 Å². The van der Waals surface area contributed by atoms with Gasteiger partial charge in [0.25, 0.3) is 0 Å². The van der Waals surface area contributed by atoms with Crippen molar-refractivity contribution in [2.45, 2.75) is 63.5 Å². The highest BCUT2D eigenvalue weighted by Crippen LogP contribution is 2.31. The number of carbonyl (C=O) groups excluding carboxylic acids is 1. The number of nitrogens with two attached hydrogens (primary N) is 1. The van der Waals surface area contributed by atoms with Gasteiger partial charge in [0.1, 0.15) is 11.6 Å². The Balaban J connectivity index is 1.44. The van der Waals surface area contributed by atoms with Gasteiger partial charge in [-0.15, -0.1) is 0 Å². The molecule has 1 fully saturated rings. The average Bonchev–Trinajstić information content (AvgIpc) is 2.74. The highest BCUT2D eigenvalue weighted by Gasteiger charge is 2.30. The molecule has 166 valence electrons. The Bertz CT molecular complexity index is 942. The van der Waals surface area contributed by atoms with E-state index in [2.05, 4.69) is 10.2 Å². The van der Waals surface area contributed by atoms with Crippen LogP contribution in [0.15, 0.2) is 24.3 Å². The molecule has 0 unspecified atom stereocenters. The number of primary amides is 1. The Morgan fingerprint density at radius 3 is 2.55 bits per heavy atom. The molecule has 4 rings (SSSR count). The molecular formula is C23H31FN6O. The topological polar surface area (TPSA) is 87.4 Å². The number of nitrogens with zero attached hydrogens (tertiary/aromatic N) is 4. The minimum Gasteiger partial charge on any atom is -0.362 e. The molecular weight excluding hydrogens is 395 g/mol. The summed E-state index contributed by atoms with van der Waals surface area (Å²) in [5.74, 6) is 1.32. The highest BCUT2D eigenvalue weighted by molar-refractivity contribution is 5.91. The summed E-state index contributed by atoms with van der Waals surface area (Å²) in [6.07, 6.45) is 7.69. The summed E-state index contributed by atoms with van der Waals surface area (Å²) in [4.78, 5) is 25.3. The van der Waals surface area contributed by atoms with Crippen molar-refractivity contribution in [2.24, 2.45) is 5.73 Å². The van der Waals surface area contributed by atoms with Gasteiger partial charge in [-0.1, -0.05) is 6.07 Å². The predicted octanol–water partition coefficient (Wildman–Crippen LogP) is 3.87. The molecule has 0 aliphatic heterocycles. The summed E-state index contributed by atoms with van der Waals surface area (Å²) in [5, 5.41) is 3.52. The fraction of sp³-hybridized carbons (Fsp3) is 0.522. The van der Waals surface area contributed by atoms with E-state index in [-0.39, 0.29) is 17.9 Å². The lowest BCUT2D eigenvalue weighted by Crippen LogP contribution is -2.47. The number of benzene rings is 1. The molecule has 7 nitrogen and oxygen atoms in total. The van der Waals surface area contributed by atoms with Crippen molar-refractivity contribution in [1.82, 2.24) is 9.97 Å². The molecule has 1 aromatic carbocycles. The van der Waals surface area contributed by atoms with Gasteiger partial charge in [0.05, 0.1) is 5.69 Å². The molecule has 1 aromatic heterocycles. The van der Waals surface area contributed by atoms with E-state index in [9.17, 15) is 9.18 Å². The number of nitrogens with one attached hydrogen (secondary N) is 1. The molecule has 0 radical (unpaired) electrons. The number of rotatable bonds is 5. The standard InChI is InChI=1S/C23H31FN6O/c1-29(2)21-19-8-3-4-9-20(19)27-23(28-21)26-16-10-12-17(13-11-16)30(22(25)31)18-7-5-6-15(24)14-18/h5-7,14,16-17H,3-4,8-13H2,1-2H3,(H2,25,31)(H,26,27,28)/t16-,17+. The second kappa shape index (κ2) is 9.08. The van der Waals surface area contributed by atoms with Crippen LogP contribution in [0, 0.1) is 5.82 Å². The van der Waals surface area contributed by atoms with Crippen LogP contribution in [0.4, 0.5) is 26.6 Å². The van der Waals surface area contributed by atoms with Gasteiger partial charge in [0.15, 0.2) is 0 Å². The van der Waals surface area contributed by atoms with Crippen LogP contribution in [-0.4, -0.2) is 42.2 Å². The maximum Gasteiger partial charge on any atom is 0.319 e. The lowest BCUT2D eigenvalue weighted by molar-refractivity contribution is 0.248. The SMILES string of the molecule is CN(C)c1nc(N[C@H]2CC[C@@H](N(C(N)=O)c3cccc(F)c3)CC2)nc2c1CCCC2. The predicted molar refractivity (Wildman–Crippen MR) is 121 cm³/mol. The van der Waals surface area contributed by atoms with E-state index in [1.165, 1.54) is 35.4 Å². The zero-order valence-corrected chi connectivity index (χ0v) is 18.3. The minimum absolute atomic E-state index is 0.0425. The minimum atomic E-state index is -0.546. The first-order chi connectivity index (χ1) is 14.9. The van der Waals surface area contributed by atoms with Gasteiger partial charge < -0.3 is 16.0 Å². The van der Waals surface area contributed by atoms with Crippen molar-refractivity contribution in [1.29, 1.82) is 0 Å². The highest BCUT2D eigenvalue weighted by atomic mass is 19.1. The van der Waals surface area contributed by atoms with E-state index in [4.69, 9.17) is 15.7 Å². The molecule has 31 heavy (non-hydrogen) atoms. The zero-order valence-electron chi connectivity index (χ0n) is 18.3. The summed E-state index contributed by atoms with van der Waals surface area (Å²) >= 11 is 0. The van der Waals surface area contributed by atoms with Crippen LogP contribution in [0.25, 0.3) is 0 Å². The van der Waals surface area contributed by atoms with Crippen molar-refractivity contribution >= 4 is 23.5 Å². The fourth-order valence-electron chi connectivity index (χ4n) is 4.81. The molecule has 8 heteroatoms. The molecule has 2 aliphatic rings. The molecule has 2 amide bonds. The number of fused-ring (bicyclic) bond motifs is 1. The van der Waals surface area contributed by atoms with Crippen LogP contribution < -0.4 is 20.9 Å². The normalized spacial score (nSPS) is 20.6. The molecule has 2 aromatic rings. The molecule has 1 saturated carbocycles. The van der Waals surface area contributed by atoms with E-state index in [1.807, 2.05) is 14.1 Å². The molecule has 0 spiro atoms. The van der Waals surface area contributed by atoms with Gasteiger partial charge in [-0.25, -0.2) is 14.2 Å². The quantitative estimate of drug-likeness (QED) is 0.758. The third kappa shape index (κ3) is 4.73. The van der Waals surface area contributed by atoms with Gasteiger partial charge in [0.2, 0.25) is 5.95 Å². The molecule has 1 heterocycles. The maximum absolute atomic E-state index is 13.7. The lowest BCUT2D eigenvalue weighted by Gasteiger charge is -2.36. The fourth-order valence-corrected chi connectivity index (χ4v) is 4.81. The van der Waals surface area contributed by atoms with E-state index >= 15 is 0 Å². The van der Waals surface area contributed by atoms with Crippen molar-refractivity contribution in [2.75, 3.05) is 29.2 Å². The smallest absolute Gasteiger partial charge is 0.319 e. The Hall–Kier alpha value is -2.90. The number of aryl methyl sites for hydroxylation is 1. The first kappa shape index (κ1) is 21.3. The van der Waals surface area contributed by atoms with Gasteiger partial charge in [0, 0.05) is 37.4 Å². The maximum atomic E-state index is 13.7. The largest absolute Gasteiger partial charge is 0.362 e. The van der Waals surface area contributed by atoms with Gasteiger partial charge in [-0.3, -0.25) is 4.90 Å². The molecule has 0 atom stereocenters. The average molecular weight is 427 g/mol. The van der Waals surface area contributed by atoms with Crippen molar-refractivity contribution in [3.8, 4) is 0 Å². The first-order valence-corrected chi connectivity index (χ1v) is 11.1. The van der Waals surface area contributed by atoms with Crippen LogP contribution in [0.3, 0.4) is 0 Å². The number of hydrogen-bond donors (Lipinski definition) is 2. The number of aromatic nitrogens is 2. The molecule has 0 bridgehead atoms. The lowest BCUT2D eigenvalue weighted by atomic mass is 9.90. The van der Waals surface area contributed by atoms with E-state index < -0.39 is 6.03 Å².